The van der Waals surface area contributed by atoms with Crippen molar-refractivity contribution < 1.29 is 19.8 Å². The zero-order chi connectivity index (χ0) is 16.3. The Hall–Kier alpha value is -1.92. The smallest absolute Gasteiger partial charge is 0.320 e. The molecule has 0 fully saturated rings. The van der Waals surface area contributed by atoms with Crippen molar-refractivity contribution in [3.8, 4) is 0 Å². The molecule has 0 amide bonds. The second-order valence-electron chi connectivity index (χ2n) is 4.59. The van der Waals surface area contributed by atoms with Gasteiger partial charge in [-0.1, -0.05) is 37.3 Å². The number of hydrogen-bond donors (Lipinski definition) is 4. The number of carboxylic acid groups (broad SMARTS) is 2. The lowest BCUT2D eigenvalue weighted by Crippen LogP contribution is -2.30. The van der Waals surface area contributed by atoms with Crippen molar-refractivity contribution >= 4 is 11.9 Å². The molecule has 0 aromatic heterocycles. The topological polar surface area (TPSA) is 127 Å². The van der Waals surface area contributed by atoms with Crippen LogP contribution < -0.4 is 11.5 Å². The number of hydrogen-bond acceptors (Lipinski definition) is 4. The molecule has 21 heavy (non-hydrogen) atoms. The quantitative estimate of drug-likeness (QED) is 0.602. The first-order valence-corrected chi connectivity index (χ1v) is 6.90. The summed E-state index contributed by atoms with van der Waals surface area (Å²) in [6.07, 6.45) is 1.78. The van der Waals surface area contributed by atoms with E-state index in [2.05, 4.69) is 0 Å². The van der Waals surface area contributed by atoms with E-state index in [0.29, 0.717) is 25.8 Å². The van der Waals surface area contributed by atoms with Gasteiger partial charge in [-0.15, -0.1) is 0 Å². The van der Waals surface area contributed by atoms with Crippen LogP contribution in [-0.2, 0) is 9.59 Å². The Labute approximate surface area is 124 Å². The van der Waals surface area contributed by atoms with Gasteiger partial charge in [-0.05, 0) is 31.4 Å². The largest absolute Gasteiger partial charge is 0.481 e. The Balaban J connectivity index is 0.000000400. The molecule has 0 bridgehead atoms. The molecular formula is C15H24N2O4. The number of rotatable bonds is 7. The van der Waals surface area contributed by atoms with Crippen LogP contribution in [0.25, 0.3) is 0 Å². The molecule has 1 rings (SSSR count). The fourth-order valence-electron chi connectivity index (χ4n) is 1.70. The van der Waals surface area contributed by atoms with Gasteiger partial charge in [0.15, 0.2) is 0 Å². The second-order valence-corrected chi connectivity index (χ2v) is 4.59. The number of carbonyl (C=O) groups is 2. The maximum Gasteiger partial charge on any atom is 0.320 e. The molecule has 6 N–H and O–H groups in total. The molecule has 2 atom stereocenters. The van der Waals surface area contributed by atoms with E-state index in [1.165, 1.54) is 0 Å². The van der Waals surface area contributed by atoms with Gasteiger partial charge in [0.1, 0.15) is 6.04 Å². The van der Waals surface area contributed by atoms with Crippen LogP contribution in [0.1, 0.15) is 37.7 Å². The lowest BCUT2D eigenvalue weighted by molar-refractivity contribution is -0.139. The molecular weight excluding hydrogens is 272 g/mol. The number of nitrogens with two attached hydrogens (primary N) is 2. The number of carboxylic acids is 2. The van der Waals surface area contributed by atoms with E-state index in [9.17, 15) is 9.59 Å². The molecule has 1 unspecified atom stereocenters. The summed E-state index contributed by atoms with van der Waals surface area (Å²) in [5.74, 6) is -2.06. The van der Waals surface area contributed by atoms with Gasteiger partial charge in [0.2, 0.25) is 0 Å². The van der Waals surface area contributed by atoms with Gasteiger partial charge in [-0.25, -0.2) is 0 Å². The van der Waals surface area contributed by atoms with E-state index in [1.54, 1.807) is 0 Å². The summed E-state index contributed by atoms with van der Waals surface area (Å²) >= 11 is 0. The van der Waals surface area contributed by atoms with Crippen LogP contribution in [0.2, 0.25) is 0 Å². The molecule has 0 spiro atoms. The molecule has 0 aliphatic heterocycles. The van der Waals surface area contributed by atoms with Gasteiger partial charge < -0.3 is 21.7 Å². The fourth-order valence-corrected chi connectivity index (χ4v) is 1.70. The zero-order valence-electron chi connectivity index (χ0n) is 12.2. The maximum absolute atomic E-state index is 10.7. The molecule has 6 nitrogen and oxygen atoms in total. The maximum atomic E-state index is 10.7. The molecule has 0 aliphatic carbocycles. The van der Waals surface area contributed by atoms with Crippen LogP contribution in [0.4, 0.5) is 0 Å². The van der Waals surface area contributed by atoms with Gasteiger partial charge in [-0.2, -0.15) is 0 Å². The number of aliphatic carboxylic acids is 2. The molecule has 0 heterocycles. The van der Waals surface area contributed by atoms with E-state index in [-0.39, 0.29) is 5.92 Å². The highest BCUT2D eigenvalue weighted by atomic mass is 16.4. The minimum absolute atomic E-state index is 0.355. The highest BCUT2D eigenvalue weighted by Crippen LogP contribution is 2.18. The molecule has 1 aromatic rings. The molecule has 1 aromatic carbocycles. The highest BCUT2D eigenvalue weighted by molar-refractivity contribution is 5.75. The van der Waals surface area contributed by atoms with Crippen LogP contribution in [0, 0.1) is 0 Å². The molecule has 118 valence electrons. The van der Waals surface area contributed by atoms with Crippen molar-refractivity contribution in [3.05, 3.63) is 35.9 Å². The molecule has 0 radical (unpaired) electrons. The van der Waals surface area contributed by atoms with Gasteiger partial charge in [-0.3, -0.25) is 9.59 Å². The second kappa shape index (κ2) is 10.8. The van der Waals surface area contributed by atoms with Crippen molar-refractivity contribution in [3.63, 3.8) is 0 Å². The summed E-state index contributed by atoms with van der Waals surface area (Å²) in [5, 5.41) is 17.1. The third kappa shape index (κ3) is 8.06. The zero-order valence-corrected chi connectivity index (χ0v) is 12.2. The monoisotopic (exact) mass is 296 g/mol. The van der Waals surface area contributed by atoms with Crippen LogP contribution in [0.3, 0.4) is 0 Å². The van der Waals surface area contributed by atoms with Crippen molar-refractivity contribution in [1.82, 2.24) is 0 Å². The van der Waals surface area contributed by atoms with E-state index in [4.69, 9.17) is 21.7 Å². The van der Waals surface area contributed by atoms with Gasteiger partial charge >= 0.3 is 11.9 Å². The summed E-state index contributed by atoms with van der Waals surface area (Å²) in [5.41, 5.74) is 11.2. The summed E-state index contributed by atoms with van der Waals surface area (Å²) in [6, 6.07) is 8.57. The summed E-state index contributed by atoms with van der Waals surface area (Å²) in [6.45, 7) is 2.38. The first-order valence-electron chi connectivity index (χ1n) is 6.90. The molecule has 0 saturated heterocycles. The summed E-state index contributed by atoms with van der Waals surface area (Å²) in [4.78, 5) is 20.8. The van der Waals surface area contributed by atoms with Crippen molar-refractivity contribution in [2.24, 2.45) is 11.5 Å². The summed E-state index contributed by atoms with van der Waals surface area (Å²) < 4.78 is 0. The van der Waals surface area contributed by atoms with Gasteiger partial charge in [0.25, 0.3) is 0 Å². The predicted octanol–water partition coefficient (Wildman–Crippen LogP) is 1.40. The van der Waals surface area contributed by atoms with Crippen molar-refractivity contribution in [2.45, 2.75) is 38.1 Å². The SMILES string of the molecule is CCC(C(=O)O)c1ccccc1.NCCC[C@H](N)C(=O)O. The predicted molar refractivity (Wildman–Crippen MR) is 81.0 cm³/mol. The Morgan fingerprint density at radius 2 is 1.71 bits per heavy atom. The average molecular weight is 296 g/mol. The molecule has 0 aliphatic rings. The third-order valence-electron chi connectivity index (χ3n) is 2.94. The van der Waals surface area contributed by atoms with Crippen molar-refractivity contribution in [1.29, 1.82) is 0 Å². The van der Waals surface area contributed by atoms with Crippen LogP contribution >= 0.6 is 0 Å². The Kier molecular flexibility index (Phi) is 9.83. The van der Waals surface area contributed by atoms with Crippen LogP contribution in [0.15, 0.2) is 30.3 Å². The Bertz CT molecular complexity index is 423. The average Bonchev–Trinajstić information content (AvgIpc) is 2.46. The normalized spacial score (nSPS) is 12.7. The number of benzene rings is 1. The molecule has 0 saturated carbocycles. The minimum Gasteiger partial charge on any atom is -0.481 e. The first-order chi connectivity index (χ1) is 9.93. The first kappa shape index (κ1) is 19.1. The van der Waals surface area contributed by atoms with E-state index in [1.807, 2.05) is 37.3 Å². The Morgan fingerprint density at radius 1 is 1.14 bits per heavy atom. The lowest BCUT2D eigenvalue weighted by Gasteiger charge is -2.08. The van der Waals surface area contributed by atoms with Crippen LogP contribution in [-0.4, -0.2) is 34.7 Å². The van der Waals surface area contributed by atoms with Gasteiger partial charge in [0, 0.05) is 0 Å². The Morgan fingerprint density at radius 3 is 2.10 bits per heavy atom. The molecule has 6 heteroatoms. The van der Waals surface area contributed by atoms with E-state index in [0.717, 1.165) is 5.56 Å². The van der Waals surface area contributed by atoms with Gasteiger partial charge in [0.05, 0.1) is 5.92 Å². The van der Waals surface area contributed by atoms with E-state index < -0.39 is 18.0 Å². The summed E-state index contributed by atoms with van der Waals surface area (Å²) in [7, 11) is 0. The van der Waals surface area contributed by atoms with E-state index >= 15 is 0 Å². The van der Waals surface area contributed by atoms with Crippen molar-refractivity contribution in [2.75, 3.05) is 6.54 Å². The minimum atomic E-state index is -0.955. The highest BCUT2D eigenvalue weighted by Gasteiger charge is 2.16. The van der Waals surface area contributed by atoms with Crippen LogP contribution in [0.5, 0.6) is 0 Å². The lowest BCUT2D eigenvalue weighted by atomic mass is 9.97. The third-order valence-corrected chi connectivity index (χ3v) is 2.94. The standard InChI is InChI=1S/C10H12O2.C5H12N2O2/c1-2-9(10(11)12)8-6-4-3-5-7-8;6-3-1-2-4(7)5(8)9/h3-7,9H,2H2,1H3,(H,11,12);4H,1-3,6-7H2,(H,8,9)/t;4-/m.0/s1. The fraction of sp³-hybridized carbons (Fsp3) is 0.467.